The monoisotopic (exact) mass is 236 g/mol. The molecule has 0 aromatic carbocycles. The maximum Gasteiger partial charge on any atom is 0.165 e. The van der Waals surface area contributed by atoms with E-state index in [2.05, 4.69) is 32.8 Å². The summed E-state index contributed by atoms with van der Waals surface area (Å²) in [6, 6.07) is 1.19. The van der Waals surface area contributed by atoms with Gasteiger partial charge in [0.15, 0.2) is 5.82 Å². The summed E-state index contributed by atoms with van der Waals surface area (Å²) in [4.78, 5) is 2.37. The van der Waals surface area contributed by atoms with E-state index in [1.807, 2.05) is 4.68 Å². The molecule has 1 saturated carbocycles. The van der Waals surface area contributed by atoms with Crippen LogP contribution in [0.4, 0.5) is 0 Å². The third kappa shape index (κ3) is 2.47. The van der Waals surface area contributed by atoms with E-state index in [1.165, 1.54) is 25.7 Å². The Morgan fingerprint density at radius 1 is 1.41 bits per heavy atom. The molecule has 1 aliphatic carbocycles. The second kappa shape index (κ2) is 4.70. The Labute approximate surface area is 101 Å². The number of piperidine rings is 1. The number of aromatic nitrogens is 4. The molecule has 6 nitrogen and oxygen atoms in total. The maximum absolute atomic E-state index is 4.15. The molecule has 1 aromatic rings. The summed E-state index contributed by atoms with van der Waals surface area (Å²) >= 11 is 0. The minimum atomic E-state index is 0.567. The smallest absolute Gasteiger partial charge is 0.165 e. The van der Waals surface area contributed by atoms with Crippen molar-refractivity contribution in [3.8, 4) is 0 Å². The standard InChI is InChI=1S/C11H20N6/c1-16(10-3-2-6-12-7-10)8-11-13-14-15-17(11)9-4-5-9/h9-10,12H,2-8H2,1H3. The van der Waals surface area contributed by atoms with Crippen LogP contribution in [-0.4, -0.2) is 51.3 Å². The average molecular weight is 236 g/mol. The molecule has 0 amide bonds. The highest BCUT2D eigenvalue weighted by Gasteiger charge is 2.28. The first-order chi connectivity index (χ1) is 8.34. The summed E-state index contributed by atoms with van der Waals surface area (Å²) in [5.74, 6) is 1.01. The zero-order valence-electron chi connectivity index (χ0n) is 10.3. The van der Waals surface area contributed by atoms with Gasteiger partial charge in [0.1, 0.15) is 0 Å². The van der Waals surface area contributed by atoms with Crippen molar-refractivity contribution >= 4 is 0 Å². The molecule has 0 spiro atoms. The van der Waals surface area contributed by atoms with Crippen LogP contribution < -0.4 is 5.32 Å². The van der Waals surface area contributed by atoms with Crippen LogP contribution in [0.15, 0.2) is 0 Å². The zero-order chi connectivity index (χ0) is 11.7. The summed E-state index contributed by atoms with van der Waals surface area (Å²) < 4.78 is 2.01. The lowest BCUT2D eigenvalue weighted by Gasteiger charge is -2.31. The Hall–Kier alpha value is -1.01. The van der Waals surface area contributed by atoms with Crippen molar-refractivity contribution in [2.24, 2.45) is 0 Å². The van der Waals surface area contributed by atoms with Crippen molar-refractivity contribution in [3.05, 3.63) is 5.82 Å². The molecule has 1 aromatic heterocycles. The van der Waals surface area contributed by atoms with Crippen LogP contribution >= 0.6 is 0 Å². The van der Waals surface area contributed by atoms with Gasteiger partial charge in [-0.3, -0.25) is 4.90 Å². The fraction of sp³-hybridized carbons (Fsp3) is 0.909. The highest BCUT2D eigenvalue weighted by Crippen LogP contribution is 2.34. The van der Waals surface area contributed by atoms with Gasteiger partial charge in [0.05, 0.1) is 12.6 Å². The van der Waals surface area contributed by atoms with E-state index in [0.29, 0.717) is 12.1 Å². The summed E-state index contributed by atoms with van der Waals surface area (Å²) in [6.07, 6.45) is 5.00. The summed E-state index contributed by atoms with van der Waals surface area (Å²) in [5, 5.41) is 15.5. The quantitative estimate of drug-likeness (QED) is 0.809. The minimum absolute atomic E-state index is 0.567. The predicted molar refractivity (Wildman–Crippen MR) is 63.4 cm³/mol. The SMILES string of the molecule is CN(Cc1nnnn1C1CC1)C1CCCNC1. The van der Waals surface area contributed by atoms with Crippen molar-refractivity contribution in [3.63, 3.8) is 0 Å². The normalized spacial score (nSPS) is 25.4. The summed E-state index contributed by atoms with van der Waals surface area (Å²) in [6.45, 7) is 3.10. The number of hydrogen-bond donors (Lipinski definition) is 1. The lowest BCUT2D eigenvalue weighted by Crippen LogP contribution is -2.44. The topological polar surface area (TPSA) is 58.9 Å². The number of rotatable bonds is 4. The highest BCUT2D eigenvalue weighted by molar-refractivity contribution is 4.91. The molecule has 2 fully saturated rings. The van der Waals surface area contributed by atoms with Crippen LogP contribution in [0.3, 0.4) is 0 Å². The molecule has 1 unspecified atom stereocenters. The van der Waals surface area contributed by atoms with E-state index in [1.54, 1.807) is 0 Å². The lowest BCUT2D eigenvalue weighted by atomic mass is 10.1. The lowest BCUT2D eigenvalue weighted by molar-refractivity contribution is 0.189. The molecule has 2 aliphatic rings. The maximum atomic E-state index is 4.15. The van der Waals surface area contributed by atoms with Gasteiger partial charge in [-0.1, -0.05) is 0 Å². The fourth-order valence-electron chi connectivity index (χ4n) is 2.48. The number of nitrogens with zero attached hydrogens (tertiary/aromatic N) is 5. The van der Waals surface area contributed by atoms with Gasteiger partial charge in [-0.25, -0.2) is 4.68 Å². The molecular weight excluding hydrogens is 216 g/mol. The Balaban J connectivity index is 1.62. The van der Waals surface area contributed by atoms with E-state index in [4.69, 9.17) is 0 Å². The third-order valence-corrected chi connectivity index (χ3v) is 3.74. The average Bonchev–Trinajstić information content (AvgIpc) is 3.11. The van der Waals surface area contributed by atoms with Crippen molar-refractivity contribution in [1.29, 1.82) is 0 Å². The molecule has 1 N–H and O–H groups in total. The second-order valence-corrected chi connectivity index (χ2v) is 5.19. The Kier molecular flexibility index (Phi) is 3.07. The van der Waals surface area contributed by atoms with Crippen LogP contribution in [0.5, 0.6) is 0 Å². The van der Waals surface area contributed by atoms with Crippen LogP contribution in [0.2, 0.25) is 0 Å². The van der Waals surface area contributed by atoms with Gasteiger partial charge < -0.3 is 5.32 Å². The molecule has 1 aliphatic heterocycles. The largest absolute Gasteiger partial charge is 0.315 e. The zero-order valence-corrected chi connectivity index (χ0v) is 10.3. The first kappa shape index (κ1) is 11.1. The van der Waals surface area contributed by atoms with Gasteiger partial charge in [-0.05, 0) is 49.7 Å². The molecule has 17 heavy (non-hydrogen) atoms. The first-order valence-electron chi connectivity index (χ1n) is 6.52. The van der Waals surface area contributed by atoms with Crippen LogP contribution in [0.1, 0.15) is 37.5 Å². The van der Waals surface area contributed by atoms with Crippen molar-refractivity contribution in [2.75, 3.05) is 20.1 Å². The van der Waals surface area contributed by atoms with Gasteiger partial charge in [0.2, 0.25) is 0 Å². The summed E-state index contributed by atoms with van der Waals surface area (Å²) in [7, 11) is 2.17. The molecule has 1 atom stereocenters. The molecule has 0 bridgehead atoms. The van der Waals surface area contributed by atoms with Gasteiger partial charge in [0.25, 0.3) is 0 Å². The molecular formula is C11H20N6. The first-order valence-corrected chi connectivity index (χ1v) is 6.52. The molecule has 94 valence electrons. The van der Waals surface area contributed by atoms with E-state index >= 15 is 0 Å². The Morgan fingerprint density at radius 3 is 3.00 bits per heavy atom. The van der Waals surface area contributed by atoms with Crippen molar-refractivity contribution in [2.45, 2.75) is 44.3 Å². The molecule has 0 radical (unpaired) electrons. The van der Waals surface area contributed by atoms with E-state index in [-0.39, 0.29) is 0 Å². The Bertz CT molecular complexity index is 366. The van der Waals surface area contributed by atoms with E-state index < -0.39 is 0 Å². The van der Waals surface area contributed by atoms with Gasteiger partial charge in [-0.2, -0.15) is 0 Å². The van der Waals surface area contributed by atoms with E-state index in [9.17, 15) is 0 Å². The summed E-state index contributed by atoms with van der Waals surface area (Å²) in [5.41, 5.74) is 0. The minimum Gasteiger partial charge on any atom is -0.315 e. The fourth-order valence-corrected chi connectivity index (χ4v) is 2.48. The molecule has 6 heteroatoms. The third-order valence-electron chi connectivity index (χ3n) is 3.74. The predicted octanol–water partition coefficient (Wildman–Crippen LogP) is 0.192. The number of likely N-dealkylation sites (N-methyl/N-ethyl adjacent to an activating group) is 1. The number of nitrogens with one attached hydrogen (secondary N) is 1. The van der Waals surface area contributed by atoms with Crippen LogP contribution in [-0.2, 0) is 6.54 Å². The van der Waals surface area contributed by atoms with E-state index in [0.717, 1.165) is 25.5 Å². The number of hydrogen-bond acceptors (Lipinski definition) is 5. The van der Waals surface area contributed by atoms with Crippen LogP contribution in [0.25, 0.3) is 0 Å². The molecule has 2 heterocycles. The second-order valence-electron chi connectivity index (χ2n) is 5.19. The Morgan fingerprint density at radius 2 is 2.29 bits per heavy atom. The number of tetrazole rings is 1. The van der Waals surface area contributed by atoms with Gasteiger partial charge in [-0.15, -0.1) is 5.10 Å². The van der Waals surface area contributed by atoms with Crippen molar-refractivity contribution < 1.29 is 0 Å². The van der Waals surface area contributed by atoms with Crippen molar-refractivity contribution in [1.82, 2.24) is 30.4 Å². The van der Waals surface area contributed by atoms with Gasteiger partial charge in [0, 0.05) is 12.6 Å². The van der Waals surface area contributed by atoms with Gasteiger partial charge >= 0.3 is 0 Å². The molecule has 3 rings (SSSR count). The highest BCUT2D eigenvalue weighted by atomic mass is 15.6. The molecule has 1 saturated heterocycles. The van der Waals surface area contributed by atoms with Crippen LogP contribution in [0, 0.1) is 0 Å².